The van der Waals surface area contributed by atoms with Crippen LogP contribution in [-0.2, 0) is 22.1 Å². The van der Waals surface area contributed by atoms with E-state index >= 15 is 0 Å². The molecule has 4 nitrogen and oxygen atoms in total. The summed E-state index contributed by atoms with van der Waals surface area (Å²) < 4.78 is 44.4. The molecule has 0 heterocycles. The first-order chi connectivity index (χ1) is 14.8. The van der Waals surface area contributed by atoms with Crippen molar-refractivity contribution in [2.45, 2.75) is 18.6 Å². The topological polar surface area (TPSA) is 55.4 Å². The highest BCUT2D eigenvalue weighted by Crippen LogP contribution is 2.31. The van der Waals surface area contributed by atoms with Gasteiger partial charge in [0.05, 0.1) is 18.2 Å². The molecule has 1 atom stereocenters. The summed E-state index contributed by atoms with van der Waals surface area (Å²) in [6.45, 7) is 0. The molecule has 0 aliphatic heterocycles. The van der Waals surface area contributed by atoms with Crippen molar-refractivity contribution in [3.63, 3.8) is 0 Å². The van der Waals surface area contributed by atoms with Crippen LogP contribution in [-0.4, -0.2) is 25.0 Å². The highest BCUT2D eigenvalue weighted by Gasteiger charge is 2.35. The number of ether oxygens (including phenoxy) is 1. The molecule has 3 aromatic carbocycles. The number of rotatable bonds is 6. The SMILES string of the molecule is COC(=O)[C@@H](Cc1ccc(-c2ccccc2)cc1)NC(=O)c1ccccc1C(F)(F)F. The predicted molar refractivity (Wildman–Crippen MR) is 110 cm³/mol. The molecule has 0 fully saturated rings. The summed E-state index contributed by atoms with van der Waals surface area (Å²) in [5.74, 6) is -1.74. The quantitative estimate of drug-likeness (QED) is 0.570. The monoisotopic (exact) mass is 427 g/mol. The van der Waals surface area contributed by atoms with Crippen LogP contribution in [0, 0.1) is 0 Å². The Kier molecular flexibility index (Phi) is 6.74. The van der Waals surface area contributed by atoms with Crippen LogP contribution in [0.25, 0.3) is 11.1 Å². The van der Waals surface area contributed by atoms with E-state index in [4.69, 9.17) is 4.74 Å². The third kappa shape index (κ3) is 5.51. The summed E-state index contributed by atoms with van der Waals surface area (Å²) in [6.07, 6.45) is -4.62. The summed E-state index contributed by atoms with van der Waals surface area (Å²) in [4.78, 5) is 24.7. The van der Waals surface area contributed by atoms with Crippen LogP contribution < -0.4 is 5.32 Å². The van der Waals surface area contributed by atoms with E-state index < -0.39 is 35.2 Å². The van der Waals surface area contributed by atoms with E-state index in [9.17, 15) is 22.8 Å². The van der Waals surface area contributed by atoms with Gasteiger partial charge in [0.25, 0.3) is 5.91 Å². The lowest BCUT2D eigenvalue weighted by Gasteiger charge is -2.18. The Hall–Kier alpha value is -3.61. The number of carbonyl (C=O) groups excluding carboxylic acids is 2. The Morgan fingerprint density at radius 2 is 1.45 bits per heavy atom. The summed E-state index contributed by atoms with van der Waals surface area (Å²) in [7, 11) is 1.16. The Morgan fingerprint density at radius 3 is 2.06 bits per heavy atom. The number of alkyl halides is 3. The molecule has 0 unspecified atom stereocenters. The Balaban J connectivity index is 1.79. The van der Waals surface area contributed by atoms with Gasteiger partial charge in [-0.05, 0) is 28.8 Å². The number of benzene rings is 3. The molecule has 0 bridgehead atoms. The standard InChI is InChI=1S/C24H20F3NO3/c1-31-23(30)21(28-22(29)19-9-5-6-10-20(19)24(25,26)27)15-16-11-13-18(14-12-16)17-7-3-2-4-8-17/h2-14,21H,15H2,1H3,(H,28,29)/t21-/m1/s1. The zero-order valence-electron chi connectivity index (χ0n) is 16.6. The molecule has 1 N–H and O–H groups in total. The van der Waals surface area contributed by atoms with E-state index in [1.54, 1.807) is 12.1 Å². The second kappa shape index (κ2) is 9.47. The van der Waals surface area contributed by atoms with Gasteiger partial charge in [-0.1, -0.05) is 66.7 Å². The smallest absolute Gasteiger partial charge is 0.417 e. The van der Waals surface area contributed by atoms with E-state index in [1.807, 2.05) is 42.5 Å². The van der Waals surface area contributed by atoms with Crippen molar-refractivity contribution in [2.24, 2.45) is 0 Å². The number of esters is 1. The molecule has 0 spiro atoms. The molecule has 0 saturated heterocycles. The molecular weight excluding hydrogens is 407 g/mol. The van der Waals surface area contributed by atoms with Crippen molar-refractivity contribution in [3.05, 3.63) is 95.6 Å². The lowest BCUT2D eigenvalue weighted by molar-refractivity contribution is -0.142. The number of hydrogen-bond acceptors (Lipinski definition) is 3. The van der Waals surface area contributed by atoms with Gasteiger partial charge < -0.3 is 10.1 Å². The molecule has 0 aliphatic carbocycles. The number of methoxy groups -OCH3 is 1. The van der Waals surface area contributed by atoms with Gasteiger partial charge in [0, 0.05) is 6.42 Å². The maximum Gasteiger partial charge on any atom is 0.417 e. The first-order valence-electron chi connectivity index (χ1n) is 9.49. The second-order valence-electron chi connectivity index (χ2n) is 6.86. The molecule has 1 amide bonds. The van der Waals surface area contributed by atoms with Gasteiger partial charge in [0.1, 0.15) is 6.04 Å². The van der Waals surface area contributed by atoms with Crippen molar-refractivity contribution in [1.29, 1.82) is 0 Å². The molecule has 3 rings (SSSR count). The van der Waals surface area contributed by atoms with Gasteiger partial charge in [0.15, 0.2) is 0 Å². The van der Waals surface area contributed by atoms with E-state index in [2.05, 4.69) is 5.32 Å². The van der Waals surface area contributed by atoms with Gasteiger partial charge in [-0.15, -0.1) is 0 Å². The van der Waals surface area contributed by atoms with Crippen LogP contribution in [0.2, 0.25) is 0 Å². The highest BCUT2D eigenvalue weighted by atomic mass is 19.4. The summed E-state index contributed by atoms with van der Waals surface area (Å²) in [5, 5.41) is 2.38. The van der Waals surface area contributed by atoms with Gasteiger partial charge >= 0.3 is 12.1 Å². The van der Waals surface area contributed by atoms with Crippen LogP contribution in [0.1, 0.15) is 21.5 Å². The fraction of sp³-hybridized carbons (Fsp3) is 0.167. The summed E-state index contributed by atoms with van der Waals surface area (Å²) >= 11 is 0. The molecule has 31 heavy (non-hydrogen) atoms. The maximum atomic E-state index is 13.2. The number of amides is 1. The van der Waals surface area contributed by atoms with Crippen LogP contribution in [0.3, 0.4) is 0 Å². The van der Waals surface area contributed by atoms with Crippen molar-refractivity contribution >= 4 is 11.9 Å². The zero-order chi connectivity index (χ0) is 22.4. The van der Waals surface area contributed by atoms with Crippen molar-refractivity contribution in [1.82, 2.24) is 5.32 Å². The molecule has 0 radical (unpaired) electrons. The van der Waals surface area contributed by atoms with Crippen LogP contribution in [0.4, 0.5) is 13.2 Å². The van der Waals surface area contributed by atoms with Crippen LogP contribution in [0.15, 0.2) is 78.9 Å². The minimum atomic E-state index is -4.69. The fourth-order valence-corrected chi connectivity index (χ4v) is 3.20. The third-order valence-electron chi connectivity index (χ3n) is 4.77. The molecule has 7 heteroatoms. The van der Waals surface area contributed by atoms with Crippen LogP contribution in [0.5, 0.6) is 0 Å². The highest BCUT2D eigenvalue weighted by molar-refractivity contribution is 5.98. The van der Waals surface area contributed by atoms with Crippen molar-refractivity contribution in [3.8, 4) is 11.1 Å². The van der Waals surface area contributed by atoms with Gasteiger partial charge in [-0.25, -0.2) is 4.79 Å². The number of hydrogen-bond donors (Lipinski definition) is 1. The van der Waals surface area contributed by atoms with Gasteiger partial charge in [0.2, 0.25) is 0 Å². The first-order valence-corrected chi connectivity index (χ1v) is 9.49. The number of halogens is 3. The minimum absolute atomic E-state index is 0.0711. The average molecular weight is 427 g/mol. The van der Waals surface area contributed by atoms with Gasteiger partial charge in [-0.2, -0.15) is 13.2 Å². The summed E-state index contributed by atoms with van der Waals surface area (Å²) in [6, 6.07) is 20.3. The van der Waals surface area contributed by atoms with Gasteiger partial charge in [-0.3, -0.25) is 4.79 Å². The molecule has 0 aliphatic rings. The van der Waals surface area contributed by atoms with E-state index in [1.165, 1.54) is 12.1 Å². The lowest BCUT2D eigenvalue weighted by Crippen LogP contribution is -2.43. The van der Waals surface area contributed by atoms with Crippen LogP contribution >= 0.6 is 0 Å². The van der Waals surface area contributed by atoms with Crippen molar-refractivity contribution < 1.29 is 27.5 Å². The normalized spacial score (nSPS) is 12.1. The maximum absolute atomic E-state index is 13.2. The largest absolute Gasteiger partial charge is 0.467 e. The third-order valence-corrected chi connectivity index (χ3v) is 4.77. The lowest BCUT2D eigenvalue weighted by atomic mass is 10.00. The number of nitrogens with one attached hydrogen (secondary N) is 1. The van der Waals surface area contributed by atoms with Crippen molar-refractivity contribution in [2.75, 3.05) is 7.11 Å². The zero-order valence-corrected chi connectivity index (χ0v) is 16.6. The first kappa shape index (κ1) is 22.1. The Labute approximate surface area is 177 Å². The minimum Gasteiger partial charge on any atom is -0.467 e. The molecule has 160 valence electrons. The molecular formula is C24H20F3NO3. The Bertz CT molecular complexity index is 1050. The fourth-order valence-electron chi connectivity index (χ4n) is 3.20. The number of carbonyl (C=O) groups is 2. The molecule has 0 aromatic heterocycles. The second-order valence-corrected chi connectivity index (χ2v) is 6.86. The molecule has 0 saturated carbocycles. The van der Waals surface area contributed by atoms with E-state index in [0.29, 0.717) is 0 Å². The Morgan fingerprint density at radius 1 is 0.871 bits per heavy atom. The molecule has 3 aromatic rings. The van der Waals surface area contributed by atoms with E-state index in [-0.39, 0.29) is 6.42 Å². The predicted octanol–water partition coefficient (Wildman–Crippen LogP) is 4.89. The average Bonchev–Trinajstić information content (AvgIpc) is 2.78. The summed E-state index contributed by atoms with van der Waals surface area (Å²) in [5.41, 5.74) is 1.10. The van der Waals surface area contributed by atoms with E-state index in [0.717, 1.165) is 35.9 Å².